The lowest BCUT2D eigenvalue weighted by Crippen LogP contribution is -2.53. The molecule has 0 aromatic heterocycles. The van der Waals surface area contributed by atoms with E-state index in [4.69, 9.17) is 10.5 Å². The molecule has 2 rings (SSSR count). The first kappa shape index (κ1) is 18.7. The van der Waals surface area contributed by atoms with Gasteiger partial charge in [-0.05, 0) is 44.4 Å². The van der Waals surface area contributed by atoms with Crippen LogP contribution in [0.3, 0.4) is 0 Å². The number of nitrogens with two attached hydrogens (primary N) is 1. The van der Waals surface area contributed by atoms with E-state index in [1.54, 1.807) is 7.11 Å². The van der Waals surface area contributed by atoms with Gasteiger partial charge < -0.3 is 15.4 Å². The lowest BCUT2D eigenvalue weighted by molar-refractivity contribution is -0.142. The standard InChI is InChI=1S/C16H30N2O2.ClH/c1-3-12-4-6-13(7-5-12)16(19)18-9-8-15(20-2)10-14(18)11-17;/h12-15H,3-11,17H2,1-2H3;1H. The van der Waals surface area contributed by atoms with Gasteiger partial charge in [-0.2, -0.15) is 0 Å². The number of carbonyl (C=O) groups is 1. The smallest absolute Gasteiger partial charge is 0.225 e. The van der Waals surface area contributed by atoms with Crippen molar-refractivity contribution in [2.75, 3.05) is 20.2 Å². The third-order valence-electron chi connectivity index (χ3n) is 5.33. The maximum atomic E-state index is 12.7. The van der Waals surface area contributed by atoms with Crippen LogP contribution in [0.4, 0.5) is 0 Å². The van der Waals surface area contributed by atoms with E-state index in [-0.39, 0.29) is 30.5 Å². The van der Waals surface area contributed by atoms with Crippen LogP contribution in [-0.2, 0) is 9.53 Å². The minimum Gasteiger partial charge on any atom is -0.381 e. The maximum Gasteiger partial charge on any atom is 0.225 e. The van der Waals surface area contributed by atoms with E-state index in [0.29, 0.717) is 12.5 Å². The van der Waals surface area contributed by atoms with Crippen molar-refractivity contribution in [3.8, 4) is 0 Å². The first-order valence-corrected chi connectivity index (χ1v) is 8.22. The van der Waals surface area contributed by atoms with Gasteiger partial charge in [-0.15, -0.1) is 12.4 Å². The molecule has 1 heterocycles. The number of halogens is 1. The summed E-state index contributed by atoms with van der Waals surface area (Å²) < 4.78 is 5.43. The summed E-state index contributed by atoms with van der Waals surface area (Å²) in [4.78, 5) is 14.8. The second kappa shape index (κ2) is 8.96. The van der Waals surface area contributed by atoms with Gasteiger partial charge in [-0.1, -0.05) is 13.3 Å². The fraction of sp³-hybridized carbons (Fsp3) is 0.938. The highest BCUT2D eigenvalue weighted by Gasteiger charge is 2.35. The molecule has 0 spiro atoms. The fourth-order valence-corrected chi connectivity index (χ4v) is 3.79. The Morgan fingerprint density at radius 3 is 2.43 bits per heavy atom. The molecule has 124 valence electrons. The van der Waals surface area contributed by atoms with Crippen molar-refractivity contribution < 1.29 is 9.53 Å². The molecule has 1 saturated carbocycles. The molecule has 5 heteroatoms. The van der Waals surface area contributed by atoms with E-state index in [0.717, 1.165) is 38.1 Å². The molecule has 0 aromatic rings. The van der Waals surface area contributed by atoms with E-state index in [9.17, 15) is 4.79 Å². The van der Waals surface area contributed by atoms with Crippen molar-refractivity contribution in [3.63, 3.8) is 0 Å². The number of hydrogen-bond donors (Lipinski definition) is 1. The lowest BCUT2D eigenvalue weighted by Gasteiger charge is -2.41. The average molecular weight is 319 g/mol. The Hall–Kier alpha value is -0.320. The normalized spacial score (nSPS) is 33.4. The van der Waals surface area contributed by atoms with Gasteiger partial charge in [0.1, 0.15) is 0 Å². The highest BCUT2D eigenvalue weighted by molar-refractivity contribution is 5.85. The van der Waals surface area contributed by atoms with E-state index < -0.39 is 0 Å². The molecule has 21 heavy (non-hydrogen) atoms. The zero-order valence-electron chi connectivity index (χ0n) is 13.4. The molecule has 1 amide bonds. The largest absolute Gasteiger partial charge is 0.381 e. The van der Waals surface area contributed by atoms with Crippen LogP contribution in [0, 0.1) is 11.8 Å². The highest BCUT2D eigenvalue weighted by Crippen LogP contribution is 2.33. The average Bonchev–Trinajstić information content (AvgIpc) is 2.53. The number of rotatable bonds is 4. The number of carbonyl (C=O) groups excluding carboxylic acids is 1. The van der Waals surface area contributed by atoms with E-state index in [1.165, 1.54) is 19.3 Å². The van der Waals surface area contributed by atoms with Gasteiger partial charge in [0, 0.05) is 32.2 Å². The molecule has 1 saturated heterocycles. The van der Waals surface area contributed by atoms with Gasteiger partial charge in [-0.3, -0.25) is 4.79 Å². The van der Waals surface area contributed by atoms with Gasteiger partial charge in [0.2, 0.25) is 5.91 Å². The molecule has 2 unspecified atom stereocenters. The second-order valence-corrected chi connectivity index (χ2v) is 6.43. The van der Waals surface area contributed by atoms with Crippen LogP contribution in [0.2, 0.25) is 0 Å². The zero-order valence-corrected chi connectivity index (χ0v) is 14.2. The molecule has 4 nitrogen and oxygen atoms in total. The van der Waals surface area contributed by atoms with Crippen molar-refractivity contribution in [1.29, 1.82) is 0 Å². The zero-order chi connectivity index (χ0) is 14.5. The number of piperidine rings is 1. The molecule has 0 bridgehead atoms. The number of nitrogens with zero attached hydrogens (tertiary/aromatic N) is 1. The van der Waals surface area contributed by atoms with Crippen LogP contribution < -0.4 is 5.73 Å². The van der Waals surface area contributed by atoms with Crippen molar-refractivity contribution in [2.24, 2.45) is 17.6 Å². The van der Waals surface area contributed by atoms with Crippen LogP contribution >= 0.6 is 12.4 Å². The Morgan fingerprint density at radius 1 is 1.24 bits per heavy atom. The van der Waals surface area contributed by atoms with Crippen molar-refractivity contribution in [1.82, 2.24) is 4.90 Å². The summed E-state index contributed by atoms with van der Waals surface area (Å²) in [5.41, 5.74) is 5.87. The Labute approximate surface area is 135 Å². The molecule has 2 N–H and O–H groups in total. The van der Waals surface area contributed by atoms with Crippen LogP contribution in [-0.4, -0.2) is 43.2 Å². The Kier molecular flexibility index (Phi) is 7.99. The minimum absolute atomic E-state index is 0. The van der Waals surface area contributed by atoms with E-state index in [1.807, 2.05) is 4.90 Å². The van der Waals surface area contributed by atoms with Gasteiger partial charge in [-0.25, -0.2) is 0 Å². The quantitative estimate of drug-likeness (QED) is 0.867. The van der Waals surface area contributed by atoms with Gasteiger partial charge in [0.15, 0.2) is 0 Å². The molecular weight excluding hydrogens is 288 g/mol. The molecule has 2 fully saturated rings. The molecule has 2 aliphatic rings. The van der Waals surface area contributed by atoms with Crippen LogP contribution in [0.25, 0.3) is 0 Å². The van der Waals surface area contributed by atoms with E-state index >= 15 is 0 Å². The summed E-state index contributed by atoms with van der Waals surface area (Å²) in [6, 6.07) is 0.171. The third-order valence-corrected chi connectivity index (χ3v) is 5.33. The molecule has 1 aliphatic carbocycles. The van der Waals surface area contributed by atoms with Gasteiger partial charge in [0.05, 0.1) is 6.10 Å². The summed E-state index contributed by atoms with van der Waals surface area (Å²) in [5, 5.41) is 0. The van der Waals surface area contributed by atoms with Crippen molar-refractivity contribution >= 4 is 18.3 Å². The summed E-state index contributed by atoms with van der Waals surface area (Å²) in [5.74, 6) is 1.43. The lowest BCUT2D eigenvalue weighted by atomic mass is 9.80. The molecular formula is C16H31ClN2O2. The number of hydrogen-bond acceptors (Lipinski definition) is 3. The summed E-state index contributed by atoms with van der Waals surface area (Å²) in [6.07, 6.45) is 7.93. The summed E-state index contributed by atoms with van der Waals surface area (Å²) >= 11 is 0. The van der Waals surface area contributed by atoms with Gasteiger partial charge in [0.25, 0.3) is 0 Å². The molecule has 1 aliphatic heterocycles. The second-order valence-electron chi connectivity index (χ2n) is 6.43. The summed E-state index contributed by atoms with van der Waals surface area (Å²) in [6.45, 7) is 3.62. The number of amides is 1. The topological polar surface area (TPSA) is 55.6 Å². The molecule has 2 atom stereocenters. The maximum absolute atomic E-state index is 12.7. The van der Waals surface area contributed by atoms with Gasteiger partial charge >= 0.3 is 0 Å². The third kappa shape index (κ3) is 4.57. The Bertz CT molecular complexity index is 319. The number of likely N-dealkylation sites (tertiary alicyclic amines) is 1. The monoisotopic (exact) mass is 318 g/mol. The van der Waals surface area contributed by atoms with Crippen LogP contribution in [0.5, 0.6) is 0 Å². The Morgan fingerprint density at radius 2 is 1.90 bits per heavy atom. The number of ether oxygens (including phenoxy) is 1. The van der Waals surface area contributed by atoms with Crippen molar-refractivity contribution in [3.05, 3.63) is 0 Å². The predicted molar refractivity (Wildman–Crippen MR) is 87.6 cm³/mol. The summed E-state index contributed by atoms with van der Waals surface area (Å²) in [7, 11) is 1.75. The predicted octanol–water partition coefficient (Wildman–Crippen LogP) is 2.59. The fourth-order valence-electron chi connectivity index (χ4n) is 3.79. The number of methoxy groups -OCH3 is 1. The molecule has 0 aromatic carbocycles. The first-order chi connectivity index (χ1) is 9.69. The highest BCUT2D eigenvalue weighted by atomic mass is 35.5. The Balaban J connectivity index is 0.00000220. The SMILES string of the molecule is CCC1CCC(C(=O)N2CCC(OC)CC2CN)CC1.Cl. The molecule has 0 radical (unpaired) electrons. The van der Waals surface area contributed by atoms with Crippen LogP contribution in [0.15, 0.2) is 0 Å². The van der Waals surface area contributed by atoms with Crippen LogP contribution in [0.1, 0.15) is 51.9 Å². The minimum atomic E-state index is 0. The van der Waals surface area contributed by atoms with Crippen molar-refractivity contribution in [2.45, 2.75) is 64.0 Å². The first-order valence-electron chi connectivity index (χ1n) is 8.22. The van der Waals surface area contributed by atoms with E-state index in [2.05, 4.69) is 6.92 Å².